The van der Waals surface area contributed by atoms with Crippen LogP contribution in [0.5, 0.6) is 0 Å². The Hall–Kier alpha value is -1.36. The van der Waals surface area contributed by atoms with E-state index >= 15 is 0 Å². The third-order valence-corrected chi connectivity index (χ3v) is 3.46. The summed E-state index contributed by atoms with van der Waals surface area (Å²) in [5.41, 5.74) is 0.704. The standard InChI is InChI=1S/C11H13NO3S/c1-15-11(14)8-2-4-12(6-8)10(13)9-3-5-16-7-9/h3,5,7-8H,2,4,6H2,1H3. The van der Waals surface area contributed by atoms with E-state index < -0.39 is 0 Å². The van der Waals surface area contributed by atoms with Gasteiger partial charge in [0.2, 0.25) is 0 Å². The Morgan fingerprint density at radius 2 is 2.38 bits per heavy atom. The lowest BCUT2D eigenvalue weighted by Gasteiger charge is -2.14. The summed E-state index contributed by atoms with van der Waals surface area (Å²) in [5.74, 6) is -0.374. The molecule has 2 heterocycles. The van der Waals surface area contributed by atoms with Crippen LogP contribution in [-0.4, -0.2) is 37.0 Å². The van der Waals surface area contributed by atoms with Crippen molar-refractivity contribution in [2.45, 2.75) is 6.42 Å². The highest BCUT2D eigenvalue weighted by atomic mass is 32.1. The predicted molar refractivity (Wildman–Crippen MR) is 60.3 cm³/mol. The highest BCUT2D eigenvalue weighted by molar-refractivity contribution is 7.08. The molecule has 1 amide bonds. The van der Waals surface area contributed by atoms with E-state index in [2.05, 4.69) is 4.74 Å². The van der Waals surface area contributed by atoms with Crippen molar-refractivity contribution in [2.75, 3.05) is 20.2 Å². The summed E-state index contributed by atoms with van der Waals surface area (Å²) in [6.45, 7) is 1.11. The molecule has 0 saturated carbocycles. The van der Waals surface area contributed by atoms with Crippen molar-refractivity contribution in [3.05, 3.63) is 22.4 Å². The molecular formula is C11H13NO3S. The van der Waals surface area contributed by atoms with Crippen LogP contribution in [0.1, 0.15) is 16.8 Å². The predicted octanol–water partition coefficient (Wildman–Crippen LogP) is 1.38. The van der Waals surface area contributed by atoms with E-state index in [0.29, 0.717) is 25.1 Å². The van der Waals surface area contributed by atoms with Crippen molar-refractivity contribution in [1.29, 1.82) is 0 Å². The zero-order valence-electron chi connectivity index (χ0n) is 9.01. The number of carbonyl (C=O) groups excluding carboxylic acids is 2. The van der Waals surface area contributed by atoms with Crippen LogP contribution in [0.4, 0.5) is 0 Å². The molecule has 0 aromatic carbocycles. The van der Waals surface area contributed by atoms with Crippen LogP contribution in [0.25, 0.3) is 0 Å². The first-order valence-corrected chi connectivity index (χ1v) is 6.06. The summed E-state index contributed by atoms with van der Waals surface area (Å²) in [4.78, 5) is 25.0. The Morgan fingerprint density at radius 1 is 1.56 bits per heavy atom. The van der Waals surface area contributed by atoms with Gasteiger partial charge < -0.3 is 9.64 Å². The van der Waals surface area contributed by atoms with E-state index in [9.17, 15) is 9.59 Å². The fourth-order valence-electron chi connectivity index (χ4n) is 1.87. The molecule has 1 aromatic rings. The van der Waals surface area contributed by atoms with Crippen LogP contribution >= 0.6 is 11.3 Å². The van der Waals surface area contributed by atoms with Gasteiger partial charge in [-0.25, -0.2) is 0 Å². The SMILES string of the molecule is COC(=O)C1CCN(C(=O)c2ccsc2)C1. The molecule has 4 nitrogen and oxygen atoms in total. The molecule has 0 spiro atoms. The molecule has 1 aromatic heterocycles. The zero-order chi connectivity index (χ0) is 11.5. The van der Waals surface area contributed by atoms with Crippen LogP contribution in [0.15, 0.2) is 16.8 Å². The second kappa shape index (κ2) is 4.65. The van der Waals surface area contributed by atoms with E-state index in [-0.39, 0.29) is 17.8 Å². The highest BCUT2D eigenvalue weighted by Crippen LogP contribution is 2.20. The van der Waals surface area contributed by atoms with Crippen molar-refractivity contribution in [3.63, 3.8) is 0 Å². The fourth-order valence-corrected chi connectivity index (χ4v) is 2.50. The van der Waals surface area contributed by atoms with E-state index in [4.69, 9.17) is 0 Å². The van der Waals surface area contributed by atoms with Gasteiger partial charge in [0.15, 0.2) is 0 Å². The fraction of sp³-hybridized carbons (Fsp3) is 0.455. The van der Waals surface area contributed by atoms with Crippen molar-refractivity contribution in [1.82, 2.24) is 4.90 Å². The number of methoxy groups -OCH3 is 1. The number of rotatable bonds is 2. The van der Waals surface area contributed by atoms with Gasteiger partial charge in [-0.3, -0.25) is 9.59 Å². The maximum absolute atomic E-state index is 11.9. The Kier molecular flexibility index (Phi) is 3.24. The molecule has 86 valence electrons. The first kappa shape index (κ1) is 11.1. The summed E-state index contributed by atoms with van der Waals surface area (Å²) in [6, 6.07) is 1.80. The third-order valence-electron chi connectivity index (χ3n) is 2.78. The smallest absolute Gasteiger partial charge is 0.310 e. The average Bonchev–Trinajstić information content (AvgIpc) is 2.97. The van der Waals surface area contributed by atoms with E-state index in [0.717, 1.165) is 0 Å². The molecule has 2 rings (SSSR count). The maximum atomic E-state index is 11.9. The van der Waals surface area contributed by atoms with E-state index in [1.807, 2.05) is 10.8 Å². The minimum Gasteiger partial charge on any atom is -0.469 e. The summed E-state index contributed by atoms with van der Waals surface area (Å²) >= 11 is 1.50. The van der Waals surface area contributed by atoms with Crippen LogP contribution in [0, 0.1) is 5.92 Å². The molecule has 1 aliphatic rings. The molecule has 0 aliphatic carbocycles. The molecule has 0 bridgehead atoms. The molecule has 0 N–H and O–H groups in total. The summed E-state index contributed by atoms with van der Waals surface area (Å²) < 4.78 is 4.68. The Labute approximate surface area is 97.8 Å². The molecule has 1 saturated heterocycles. The van der Waals surface area contributed by atoms with Gasteiger partial charge in [-0.2, -0.15) is 11.3 Å². The maximum Gasteiger partial charge on any atom is 0.310 e. The number of amides is 1. The van der Waals surface area contributed by atoms with Gasteiger partial charge in [0.1, 0.15) is 0 Å². The van der Waals surface area contributed by atoms with Gasteiger partial charge in [0.25, 0.3) is 5.91 Å². The van der Waals surface area contributed by atoms with Crippen LogP contribution in [-0.2, 0) is 9.53 Å². The van der Waals surface area contributed by atoms with Gasteiger partial charge in [-0.05, 0) is 17.9 Å². The first-order chi connectivity index (χ1) is 7.72. The first-order valence-electron chi connectivity index (χ1n) is 5.11. The van der Waals surface area contributed by atoms with Crippen molar-refractivity contribution >= 4 is 23.2 Å². The normalized spacial score (nSPS) is 19.8. The van der Waals surface area contributed by atoms with Gasteiger partial charge in [0.05, 0.1) is 18.6 Å². The summed E-state index contributed by atoms with van der Waals surface area (Å²) in [5, 5.41) is 3.70. The Morgan fingerprint density at radius 3 is 3.00 bits per heavy atom. The molecule has 5 heteroatoms. The second-order valence-electron chi connectivity index (χ2n) is 3.77. The number of esters is 1. The Balaban J connectivity index is 1.99. The number of likely N-dealkylation sites (tertiary alicyclic amines) is 1. The summed E-state index contributed by atoms with van der Waals surface area (Å²) in [7, 11) is 1.38. The zero-order valence-corrected chi connectivity index (χ0v) is 9.83. The third kappa shape index (κ3) is 2.09. The lowest BCUT2D eigenvalue weighted by Crippen LogP contribution is -2.29. The lowest BCUT2D eigenvalue weighted by molar-refractivity contribution is -0.144. The van der Waals surface area contributed by atoms with Gasteiger partial charge in [-0.1, -0.05) is 0 Å². The van der Waals surface area contributed by atoms with E-state index in [1.165, 1.54) is 18.4 Å². The minimum absolute atomic E-state index is 0.00709. The van der Waals surface area contributed by atoms with Gasteiger partial charge in [0, 0.05) is 18.5 Å². The van der Waals surface area contributed by atoms with Gasteiger partial charge >= 0.3 is 5.97 Å². The van der Waals surface area contributed by atoms with Crippen molar-refractivity contribution in [2.24, 2.45) is 5.92 Å². The largest absolute Gasteiger partial charge is 0.469 e. The number of thiophene rings is 1. The number of hydrogen-bond acceptors (Lipinski definition) is 4. The summed E-state index contributed by atoms with van der Waals surface area (Å²) in [6.07, 6.45) is 0.697. The highest BCUT2D eigenvalue weighted by Gasteiger charge is 2.32. The number of carbonyl (C=O) groups is 2. The number of hydrogen-bond donors (Lipinski definition) is 0. The molecule has 1 fully saturated rings. The van der Waals surface area contributed by atoms with Crippen LogP contribution in [0.2, 0.25) is 0 Å². The quantitative estimate of drug-likeness (QED) is 0.733. The average molecular weight is 239 g/mol. The topological polar surface area (TPSA) is 46.6 Å². The molecule has 1 atom stereocenters. The molecule has 1 unspecified atom stereocenters. The van der Waals surface area contributed by atoms with E-state index in [1.54, 1.807) is 11.0 Å². The van der Waals surface area contributed by atoms with Crippen molar-refractivity contribution in [3.8, 4) is 0 Å². The number of ether oxygens (including phenoxy) is 1. The van der Waals surface area contributed by atoms with Crippen LogP contribution < -0.4 is 0 Å². The van der Waals surface area contributed by atoms with Crippen molar-refractivity contribution < 1.29 is 14.3 Å². The molecule has 0 radical (unpaired) electrons. The molecule has 1 aliphatic heterocycles. The molecule has 16 heavy (non-hydrogen) atoms. The Bertz CT molecular complexity index is 388. The monoisotopic (exact) mass is 239 g/mol. The van der Waals surface area contributed by atoms with Gasteiger partial charge in [-0.15, -0.1) is 0 Å². The number of nitrogens with zero attached hydrogens (tertiary/aromatic N) is 1. The lowest BCUT2D eigenvalue weighted by atomic mass is 10.1. The molecular weight excluding hydrogens is 226 g/mol. The second-order valence-corrected chi connectivity index (χ2v) is 4.55. The van der Waals surface area contributed by atoms with Crippen LogP contribution in [0.3, 0.4) is 0 Å². The minimum atomic E-state index is -0.222.